The summed E-state index contributed by atoms with van der Waals surface area (Å²) in [7, 11) is 0. The molecule has 3 rings (SSSR count). The lowest BCUT2D eigenvalue weighted by Gasteiger charge is -2.11. The van der Waals surface area contributed by atoms with Gasteiger partial charge in [-0.05, 0) is 24.3 Å². The standard InChI is InChI=1S/C17H15N3O3/c18-10-12-2-1-3-14(8-12)20-17(21)13-4-6-19-16(9-13)23-15-5-7-22-11-15/h1-4,6,8-9,15H,5,7,11H2,(H,20,21). The maximum Gasteiger partial charge on any atom is 0.255 e. The van der Waals surface area contributed by atoms with Gasteiger partial charge in [0.05, 0.1) is 24.8 Å². The molecule has 1 aromatic carbocycles. The molecule has 6 heteroatoms. The first kappa shape index (κ1) is 15.0. The van der Waals surface area contributed by atoms with E-state index in [9.17, 15) is 4.79 Å². The summed E-state index contributed by atoms with van der Waals surface area (Å²) < 4.78 is 10.9. The molecule has 2 heterocycles. The Morgan fingerprint density at radius 2 is 2.30 bits per heavy atom. The molecule has 116 valence electrons. The van der Waals surface area contributed by atoms with Crippen LogP contribution in [0.15, 0.2) is 42.6 Å². The van der Waals surface area contributed by atoms with Gasteiger partial charge in [0.15, 0.2) is 0 Å². The first-order chi connectivity index (χ1) is 11.2. The van der Waals surface area contributed by atoms with Gasteiger partial charge >= 0.3 is 0 Å². The number of nitrogens with one attached hydrogen (secondary N) is 1. The van der Waals surface area contributed by atoms with E-state index < -0.39 is 0 Å². The fraction of sp³-hybridized carbons (Fsp3) is 0.235. The number of carbonyl (C=O) groups excluding carboxylic acids is 1. The van der Waals surface area contributed by atoms with E-state index in [4.69, 9.17) is 14.7 Å². The molecular weight excluding hydrogens is 294 g/mol. The van der Waals surface area contributed by atoms with Crippen LogP contribution in [-0.4, -0.2) is 30.2 Å². The summed E-state index contributed by atoms with van der Waals surface area (Å²) in [5.74, 6) is 0.119. The topological polar surface area (TPSA) is 84.2 Å². The van der Waals surface area contributed by atoms with Crippen molar-refractivity contribution in [2.45, 2.75) is 12.5 Å². The maximum absolute atomic E-state index is 12.3. The molecule has 1 aliphatic rings. The molecule has 1 aliphatic heterocycles. The number of aromatic nitrogens is 1. The molecule has 0 radical (unpaired) electrons. The monoisotopic (exact) mass is 309 g/mol. The van der Waals surface area contributed by atoms with Gasteiger partial charge in [0.25, 0.3) is 5.91 Å². The third kappa shape index (κ3) is 3.84. The van der Waals surface area contributed by atoms with Crippen LogP contribution in [-0.2, 0) is 4.74 Å². The summed E-state index contributed by atoms with van der Waals surface area (Å²) in [6.07, 6.45) is 2.33. The van der Waals surface area contributed by atoms with Crippen LogP contribution in [0.25, 0.3) is 0 Å². The predicted molar refractivity (Wildman–Crippen MR) is 83.2 cm³/mol. The van der Waals surface area contributed by atoms with Crippen LogP contribution in [0.4, 0.5) is 5.69 Å². The summed E-state index contributed by atoms with van der Waals surface area (Å²) in [6.45, 7) is 1.22. The minimum absolute atomic E-state index is 0.0203. The van der Waals surface area contributed by atoms with Gasteiger partial charge in [-0.2, -0.15) is 5.26 Å². The minimum Gasteiger partial charge on any atom is -0.472 e. The van der Waals surface area contributed by atoms with Crippen molar-refractivity contribution < 1.29 is 14.3 Å². The third-order valence-corrected chi connectivity index (χ3v) is 3.42. The number of amides is 1. The molecule has 0 saturated carbocycles. The van der Waals surface area contributed by atoms with E-state index in [1.807, 2.05) is 6.07 Å². The lowest BCUT2D eigenvalue weighted by atomic mass is 10.2. The SMILES string of the molecule is N#Cc1cccc(NC(=O)c2ccnc(OC3CCOC3)c2)c1. The van der Waals surface area contributed by atoms with Gasteiger partial charge in [-0.3, -0.25) is 4.79 Å². The molecule has 1 saturated heterocycles. The molecule has 1 N–H and O–H groups in total. The van der Waals surface area contributed by atoms with Crippen molar-refractivity contribution in [1.29, 1.82) is 5.26 Å². The summed E-state index contributed by atoms with van der Waals surface area (Å²) >= 11 is 0. The summed E-state index contributed by atoms with van der Waals surface area (Å²) in [5.41, 5.74) is 1.50. The molecule has 0 aliphatic carbocycles. The van der Waals surface area contributed by atoms with Crippen molar-refractivity contribution in [2.75, 3.05) is 18.5 Å². The van der Waals surface area contributed by atoms with E-state index in [-0.39, 0.29) is 12.0 Å². The number of nitriles is 1. The largest absolute Gasteiger partial charge is 0.472 e. The van der Waals surface area contributed by atoms with Crippen molar-refractivity contribution in [1.82, 2.24) is 4.98 Å². The van der Waals surface area contributed by atoms with E-state index in [1.165, 1.54) is 6.20 Å². The quantitative estimate of drug-likeness (QED) is 0.937. The molecular formula is C17H15N3O3. The van der Waals surface area contributed by atoms with Gasteiger partial charge in [-0.1, -0.05) is 6.07 Å². The maximum atomic E-state index is 12.3. The second kappa shape index (κ2) is 6.90. The van der Waals surface area contributed by atoms with Gasteiger partial charge in [-0.15, -0.1) is 0 Å². The number of hydrogen-bond acceptors (Lipinski definition) is 5. The molecule has 0 spiro atoms. The van der Waals surface area contributed by atoms with E-state index in [1.54, 1.807) is 36.4 Å². The molecule has 1 amide bonds. The van der Waals surface area contributed by atoms with Gasteiger partial charge in [0, 0.05) is 29.9 Å². The van der Waals surface area contributed by atoms with Crippen LogP contribution >= 0.6 is 0 Å². The number of anilines is 1. The van der Waals surface area contributed by atoms with Crippen LogP contribution < -0.4 is 10.1 Å². The second-order valence-electron chi connectivity index (χ2n) is 5.13. The highest BCUT2D eigenvalue weighted by molar-refractivity contribution is 6.04. The van der Waals surface area contributed by atoms with Crippen LogP contribution in [0.1, 0.15) is 22.3 Å². The molecule has 6 nitrogen and oxygen atoms in total. The summed E-state index contributed by atoms with van der Waals surface area (Å²) in [5, 5.41) is 11.6. The van der Waals surface area contributed by atoms with Crippen molar-refractivity contribution in [3.63, 3.8) is 0 Å². The van der Waals surface area contributed by atoms with Gasteiger partial charge in [-0.25, -0.2) is 4.98 Å². The van der Waals surface area contributed by atoms with Crippen LogP contribution in [0, 0.1) is 11.3 Å². The Hall–Kier alpha value is -2.91. The highest BCUT2D eigenvalue weighted by Gasteiger charge is 2.18. The van der Waals surface area contributed by atoms with Crippen molar-refractivity contribution in [3.8, 4) is 11.9 Å². The number of rotatable bonds is 4. The number of ether oxygens (including phenoxy) is 2. The minimum atomic E-state index is -0.282. The zero-order valence-corrected chi connectivity index (χ0v) is 12.4. The molecule has 1 unspecified atom stereocenters. The Kier molecular flexibility index (Phi) is 4.50. The van der Waals surface area contributed by atoms with E-state index >= 15 is 0 Å². The second-order valence-corrected chi connectivity index (χ2v) is 5.13. The Morgan fingerprint density at radius 1 is 1.39 bits per heavy atom. The zero-order chi connectivity index (χ0) is 16.1. The lowest BCUT2D eigenvalue weighted by Crippen LogP contribution is -2.17. The van der Waals surface area contributed by atoms with Gasteiger partial charge in [0.2, 0.25) is 5.88 Å². The van der Waals surface area contributed by atoms with Crippen LogP contribution in [0.2, 0.25) is 0 Å². The van der Waals surface area contributed by atoms with Crippen LogP contribution in [0.3, 0.4) is 0 Å². The van der Waals surface area contributed by atoms with Crippen molar-refractivity contribution in [3.05, 3.63) is 53.7 Å². The third-order valence-electron chi connectivity index (χ3n) is 3.42. The van der Waals surface area contributed by atoms with Crippen LogP contribution in [0.5, 0.6) is 5.88 Å². The fourth-order valence-corrected chi connectivity index (χ4v) is 2.26. The molecule has 0 bridgehead atoms. The molecule has 1 aromatic heterocycles. The van der Waals surface area contributed by atoms with E-state index in [2.05, 4.69) is 10.3 Å². The van der Waals surface area contributed by atoms with Crippen molar-refractivity contribution in [2.24, 2.45) is 0 Å². The normalized spacial score (nSPS) is 16.6. The first-order valence-electron chi connectivity index (χ1n) is 7.26. The average Bonchev–Trinajstić information content (AvgIpc) is 3.08. The Bertz CT molecular complexity index is 749. The first-order valence-corrected chi connectivity index (χ1v) is 7.26. The fourth-order valence-electron chi connectivity index (χ4n) is 2.26. The molecule has 1 atom stereocenters. The van der Waals surface area contributed by atoms with E-state index in [0.717, 1.165) is 6.42 Å². The number of nitrogens with zero attached hydrogens (tertiary/aromatic N) is 2. The van der Waals surface area contributed by atoms with Crippen molar-refractivity contribution >= 4 is 11.6 Å². The Morgan fingerprint density at radius 3 is 3.09 bits per heavy atom. The number of benzene rings is 1. The van der Waals surface area contributed by atoms with E-state index in [0.29, 0.717) is 35.9 Å². The predicted octanol–water partition coefficient (Wildman–Crippen LogP) is 2.37. The Labute approximate surface area is 133 Å². The zero-order valence-electron chi connectivity index (χ0n) is 12.4. The summed E-state index contributed by atoms with van der Waals surface area (Å²) in [6, 6.07) is 12.0. The highest BCUT2D eigenvalue weighted by atomic mass is 16.5. The molecule has 1 fully saturated rings. The van der Waals surface area contributed by atoms with Gasteiger partial charge in [0.1, 0.15) is 6.10 Å². The summed E-state index contributed by atoms with van der Waals surface area (Å²) in [4.78, 5) is 16.4. The highest BCUT2D eigenvalue weighted by Crippen LogP contribution is 2.17. The lowest BCUT2D eigenvalue weighted by molar-refractivity contribution is 0.102. The van der Waals surface area contributed by atoms with Gasteiger partial charge < -0.3 is 14.8 Å². The number of carbonyl (C=O) groups is 1. The molecule has 23 heavy (non-hydrogen) atoms. The Balaban J connectivity index is 1.70. The molecule has 2 aromatic rings. The smallest absolute Gasteiger partial charge is 0.255 e. The number of pyridine rings is 1. The number of hydrogen-bond donors (Lipinski definition) is 1. The average molecular weight is 309 g/mol.